The van der Waals surface area contributed by atoms with Gasteiger partial charge in [0, 0.05) is 23.7 Å². The largest absolute Gasteiger partial charge is 0.497 e. The first-order valence-corrected chi connectivity index (χ1v) is 10.3. The molecule has 0 unspecified atom stereocenters. The third-order valence-electron chi connectivity index (χ3n) is 4.78. The van der Waals surface area contributed by atoms with Gasteiger partial charge in [-0.3, -0.25) is 9.48 Å². The summed E-state index contributed by atoms with van der Waals surface area (Å²) in [5, 5.41) is 23.3. The molecule has 0 saturated carbocycles. The maximum atomic E-state index is 12.2. The number of aromatic nitrogens is 4. The van der Waals surface area contributed by atoms with E-state index in [9.17, 15) is 9.59 Å². The number of carbonyl (C=O) groups is 2. The average molecular weight is 463 g/mol. The monoisotopic (exact) mass is 463 g/mol. The van der Waals surface area contributed by atoms with Crippen LogP contribution in [0, 0.1) is 0 Å². The van der Waals surface area contributed by atoms with E-state index in [1.165, 1.54) is 6.07 Å². The van der Waals surface area contributed by atoms with Crippen molar-refractivity contribution in [1.82, 2.24) is 20.2 Å². The van der Waals surface area contributed by atoms with Crippen LogP contribution in [0.25, 0.3) is 11.3 Å². The van der Waals surface area contributed by atoms with Crippen LogP contribution in [0.3, 0.4) is 0 Å². The van der Waals surface area contributed by atoms with Gasteiger partial charge >= 0.3 is 5.97 Å². The summed E-state index contributed by atoms with van der Waals surface area (Å²) in [5.41, 5.74) is 1.82. The van der Waals surface area contributed by atoms with Crippen molar-refractivity contribution in [2.45, 2.75) is 19.6 Å². The Balaban J connectivity index is 1.24. The van der Waals surface area contributed by atoms with Gasteiger partial charge in [0.2, 0.25) is 5.91 Å². The second-order valence-electron chi connectivity index (χ2n) is 7.19. The number of amides is 1. The molecule has 0 spiro atoms. The molecule has 174 valence electrons. The van der Waals surface area contributed by atoms with Gasteiger partial charge in [-0.15, -0.1) is 5.10 Å². The minimum absolute atomic E-state index is 0.138. The van der Waals surface area contributed by atoms with Gasteiger partial charge in [0.25, 0.3) is 0 Å². The van der Waals surface area contributed by atoms with E-state index in [1.54, 1.807) is 66.5 Å². The zero-order valence-electron chi connectivity index (χ0n) is 18.2. The zero-order valence-corrected chi connectivity index (χ0v) is 18.2. The van der Waals surface area contributed by atoms with Crippen LogP contribution in [0.15, 0.2) is 65.3 Å². The quantitative estimate of drug-likeness (QED) is 0.362. The summed E-state index contributed by atoms with van der Waals surface area (Å²) in [4.78, 5) is 23.1. The zero-order chi connectivity index (χ0) is 23.9. The van der Waals surface area contributed by atoms with Crippen molar-refractivity contribution in [2.75, 3.05) is 12.4 Å². The van der Waals surface area contributed by atoms with Gasteiger partial charge in [-0.25, -0.2) is 4.79 Å². The summed E-state index contributed by atoms with van der Waals surface area (Å²) in [6.45, 7) is 0.571. The summed E-state index contributed by atoms with van der Waals surface area (Å²) >= 11 is 0. The number of aryl methyl sites for hydroxylation is 1. The molecule has 11 heteroatoms. The maximum Gasteiger partial charge on any atom is 0.358 e. The molecule has 2 aromatic heterocycles. The lowest BCUT2D eigenvalue weighted by molar-refractivity contribution is -0.116. The number of ether oxygens (including phenoxy) is 2. The van der Waals surface area contributed by atoms with Gasteiger partial charge in [0.15, 0.2) is 11.5 Å². The number of carboxylic acid groups (broad SMARTS) is 1. The fraction of sp³-hybridized carbons (Fsp3) is 0.174. The van der Waals surface area contributed by atoms with Crippen molar-refractivity contribution >= 4 is 17.6 Å². The lowest BCUT2D eigenvalue weighted by atomic mass is 10.1. The van der Waals surface area contributed by atoms with Crippen LogP contribution in [0.5, 0.6) is 11.5 Å². The second-order valence-corrected chi connectivity index (χ2v) is 7.19. The third-order valence-corrected chi connectivity index (χ3v) is 4.78. The van der Waals surface area contributed by atoms with Crippen LogP contribution in [0.1, 0.15) is 22.6 Å². The number of carboxylic acids is 1. The second kappa shape index (κ2) is 10.3. The van der Waals surface area contributed by atoms with E-state index in [-0.39, 0.29) is 24.6 Å². The first kappa shape index (κ1) is 22.5. The number of benzene rings is 2. The van der Waals surface area contributed by atoms with E-state index in [0.29, 0.717) is 35.0 Å². The molecule has 0 fully saturated rings. The minimum atomic E-state index is -1.15. The number of nitrogens with one attached hydrogen (secondary N) is 1. The molecular formula is C23H21N5O6. The summed E-state index contributed by atoms with van der Waals surface area (Å²) in [7, 11) is 1.58. The van der Waals surface area contributed by atoms with Crippen molar-refractivity contribution in [3.05, 3.63) is 72.2 Å². The van der Waals surface area contributed by atoms with Gasteiger partial charge in [0.1, 0.15) is 23.8 Å². The Labute approximate surface area is 193 Å². The molecule has 0 radical (unpaired) electrons. The Kier molecular flexibility index (Phi) is 6.82. The number of nitrogens with zero attached hydrogens (tertiary/aromatic N) is 4. The Hall–Kier alpha value is -4.67. The Morgan fingerprint density at radius 3 is 2.50 bits per heavy atom. The Morgan fingerprint density at radius 1 is 1.09 bits per heavy atom. The van der Waals surface area contributed by atoms with Crippen molar-refractivity contribution in [3.8, 4) is 22.8 Å². The number of carbonyl (C=O) groups excluding carboxylic acids is 1. The number of hydrogen-bond donors (Lipinski definition) is 2. The van der Waals surface area contributed by atoms with Gasteiger partial charge in [-0.1, -0.05) is 10.4 Å². The predicted octanol–water partition coefficient (Wildman–Crippen LogP) is 3.25. The SMILES string of the molecule is COc1ccc(NC(=O)CCn2cc(COc3ccc(-c4cc(C(=O)O)no4)cc3)nn2)cc1. The highest BCUT2D eigenvalue weighted by atomic mass is 16.5. The topological polar surface area (TPSA) is 142 Å². The molecule has 0 aliphatic carbocycles. The standard InChI is InChI=1S/C23H21N5O6/c1-32-18-8-4-16(5-9-18)24-22(29)10-11-28-13-17(25-27-28)14-33-19-6-2-15(3-7-19)21-12-20(23(30)31)26-34-21/h2-9,12-13H,10-11,14H2,1H3,(H,24,29)(H,30,31). The molecule has 0 bridgehead atoms. The minimum Gasteiger partial charge on any atom is -0.497 e. The summed E-state index contributed by atoms with van der Waals surface area (Å²) in [6.07, 6.45) is 1.96. The van der Waals surface area contributed by atoms with Crippen LogP contribution in [-0.2, 0) is 17.9 Å². The van der Waals surface area contributed by atoms with Crippen LogP contribution in [0.2, 0.25) is 0 Å². The average Bonchev–Trinajstić information content (AvgIpc) is 3.52. The van der Waals surface area contributed by atoms with E-state index >= 15 is 0 Å². The lowest BCUT2D eigenvalue weighted by Gasteiger charge is -2.06. The molecule has 1 amide bonds. The molecule has 4 rings (SSSR count). The molecule has 34 heavy (non-hydrogen) atoms. The van der Waals surface area contributed by atoms with Gasteiger partial charge in [-0.2, -0.15) is 0 Å². The smallest absolute Gasteiger partial charge is 0.358 e. The molecule has 2 N–H and O–H groups in total. The summed E-state index contributed by atoms with van der Waals surface area (Å²) in [5.74, 6) is 0.371. The number of anilines is 1. The Bertz CT molecular complexity index is 1260. The van der Waals surface area contributed by atoms with Crippen molar-refractivity contribution in [2.24, 2.45) is 0 Å². The molecule has 2 aromatic carbocycles. The lowest BCUT2D eigenvalue weighted by Crippen LogP contribution is -2.14. The fourth-order valence-corrected chi connectivity index (χ4v) is 3.01. The first-order chi connectivity index (χ1) is 16.5. The molecule has 4 aromatic rings. The van der Waals surface area contributed by atoms with E-state index in [2.05, 4.69) is 20.8 Å². The Morgan fingerprint density at radius 2 is 1.82 bits per heavy atom. The van der Waals surface area contributed by atoms with Gasteiger partial charge in [-0.05, 0) is 48.5 Å². The molecule has 11 nitrogen and oxygen atoms in total. The maximum absolute atomic E-state index is 12.2. The van der Waals surface area contributed by atoms with Crippen molar-refractivity contribution in [3.63, 3.8) is 0 Å². The highest BCUT2D eigenvalue weighted by Gasteiger charge is 2.12. The van der Waals surface area contributed by atoms with Crippen LogP contribution >= 0.6 is 0 Å². The molecule has 0 aliphatic rings. The summed E-state index contributed by atoms with van der Waals surface area (Å²) < 4.78 is 17.4. The predicted molar refractivity (Wildman–Crippen MR) is 119 cm³/mol. The molecule has 2 heterocycles. The van der Waals surface area contributed by atoms with E-state index in [0.717, 1.165) is 5.75 Å². The van der Waals surface area contributed by atoms with Crippen molar-refractivity contribution in [1.29, 1.82) is 0 Å². The highest BCUT2D eigenvalue weighted by molar-refractivity contribution is 5.90. The number of hydrogen-bond acceptors (Lipinski definition) is 8. The van der Waals surface area contributed by atoms with E-state index in [4.69, 9.17) is 19.1 Å². The van der Waals surface area contributed by atoms with E-state index < -0.39 is 5.97 Å². The molecular weight excluding hydrogens is 442 g/mol. The van der Waals surface area contributed by atoms with Crippen LogP contribution in [-0.4, -0.2) is 44.2 Å². The summed E-state index contributed by atoms with van der Waals surface area (Å²) in [6, 6.07) is 15.4. The fourth-order valence-electron chi connectivity index (χ4n) is 3.01. The molecule has 0 saturated heterocycles. The number of aromatic carboxylic acids is 1. The van der Waals surface area contributed by atoms with E-state index in [1.807, 2.05) is 0 Å². The number of methoxy groups -OCH3 is 1. The van der Waals surface area contributed by atoms with Gasteiger partial charge in [0.05, 0.1) is 19.9 Å². The number of rotatable bonds is 10. The first-order valence-electron chi connectivity index (χ1n) is 10.3. The third kappa shape index (κ3) is 5.76. The normalized spacial score (nSPS) is 10.6. The molecule has 0 atom stereocenters. The van der Waals surface area contributed by atoms with Crippen LogP contribution in [0.4, 0.5) is 5.69 Å². The van der Waals surface area contributed by atoms with Gasteiger partial charge < -0.3 is 24.4 Å². The van der Waals surface area contributed by atoms with Crippen molar-refractivity contribution < 1.29 is 28.7 Å². The highest BCUT2D eigenvalue weighted by Crippen LogP contribution is 2.23. The van der Waals surface area contributed by atoms with Crippen LogP contribution < -0.4 is 14.8 Å². The molecule has 0 aliphatic heterocycles.